The van der Waals surface area contributed by atoms with Gasteiger partial charge in [0.15, 0.2) is 21.3 Å². The van der Waals surface area contributed by atoms with Crippen molar-refractivity contribution in [1.29, 1.82) is 0 Å². The molecule has 6 heteroatoms. The van der Waals surface area contributed by atoms with Crippen LogP contribution < -0.4 is 14.8 Å². The van der Waals surface area contributed by atoms with Gasteiger partial charge in [-0.3, -0.25) is 0 Å². The van der Waals surface area contributed by atoms with Crippen molar-refractivity contribution in [2.75, 3.05) is 18.3 Å². The SMILES string of the molecule is O=S1(=O)CCC(NCc2ccc3c(c2)OCO3)C1. The highest BCUT2D eigenvalue weighted by atomic mass is 32.2. The lowest BCUT2D eigenvalue weighted by molar-refractivity contribution is 0.174. The van der Waals surface area contributed by atoms with Crippen LogP contribution >= 0.6 is 0 Å². The topological polar surface area (TPSA) is 64.6 Å². The summed E-state index contributed by atoms with van der Waals surface area (Å²) in [4.78, 5) is 0. The number of fused-ring (bicyclic) bond motifs is 1. The van der Waals surface area contributed by atoms with Crippen LogP contribution in [-0.2, 0) is 16.4 Å². The summed E-state index contributed by atoms with van der Waals surface area (Å²) in [6.07, 6.45) is 0.701. The maximum absolute atomic E-state index is 11.3. The first-order valence-corrected chi connectivity index (χ1v) is 7.77. The Morgan fingerprint density at radius 1 is 1.28 bits per heavy atom. The summed E-state index contributed by atoms with van der Waals surface area (Å²) >= 11 is 0. The molecule has 0 amide bonds. The van der Waals surface area contributed by atoms with E-state index in [1.165, 1.54) is 0 Å². The molecule has 2 heterocycles. The minimum absolute atomic E-state index is 0.0698. The van der Waals surface area contributed by atoms with Gasteiger partial charge in [0.25, 0.3) is 0 Å². The summed E-state index contributed by atoms with van der Waals surface area (Å²) < 4.78 is 33.2. The van der Waals surface area contributed by atoms with Crippen LogP contribution in [0, 0.1) is 0 Å². The largest absolute Gasteiger partial charge is 0.454 e. The van der Waals surface area contributed by atoms with Gasteiger partial charge in [0.05, 0.1) is 11.5 Å². The Morgan fingerprint density at radius 3 is 2.89 bits per heavy atom. The lowest BCUT2D eigenvalue weighted by atomic mass is 10.2. The Kier molecular flexibility index (Phi) is 2.91. The van der Waals surface area contributed by atoms with Crippen molar-refractivity contribution in [3.8, 4) is 11.5 Å². The molecule has 1 aromatic rings. The molecule has 2 aliphatic rings. The average Bonchev–Trinajstić information content (AvgIpc) is 2.92. The molecule has 1 aromatic carbocycles. The van der Waals surface area contributed by atoms with Crippen molar-refractivity contribution in [2.24, 2.45) is 0 Å². The quantitative estimate of drug-likeness (QED) is 0.874. The molecule has 1 unspecified atom stereocenters. The maximum Gasteiger partial charge on any atom is 0.231 e. The van der Waals surface area contributed by atoms with E-state index < -0.39 is 9.84 Å². The highest BCUT2D eigenvalue weighted by molar-refractivity contribution is 7.91. The molecule has 1 saturated heterocycles. The van der Waals surface area contributed by atoms with E-state index in [0.29, 0.717) is 18.7 Å². The zero-order valence-corrected chi connectivity index (χ0v) is 10.7. The van der Waals surface area contributed by atoms with E-state index in [9.17, 15) is 8.42 Å². The molecule has 0 aromatic heterocycles. The normalized spacial score (nSPS) is 24.3. The fraction of sp³-hybridized carbons (Fsp3) is 0.500. The van der Waals surface area contributed by atoms with Gasteiger partial charge in [0.2, 0.25) is 6.79 Å². The third-order valence-electron chi connectivity index (χ3n) is 3.26. The fourth-order valence-electron chi connectivity index (χ4n) is 2.27. The number of benzene rings is 1. The van der Waals surface area contributed by atoms with Gasteiger partial charge in [-0.1, -0.05) is 6.07 Å². The van der Waals surface area contributed by atoms with Crippen LogP contribution in [0.3, 0.4) is 0 Å². The lowest BCUT2D eigenvalue weighted by Gasteiger charge is -2.10. The van der Waals surface area contributed by atoms with Crippen LogP contribution in [0.5, 0.6) is 11.5 Å². The van der Waals surface area contributed by atoms with Gasteiger partial charge in [0.1, 0.15) is 0 Å². The second kappa shape index (κ2) is 4.44. The Bertz CT molecular complexity index is 555. The highest BCUT2D eigenvalue weighted by Crippen LogP contribution is 2.32. The van der Waals surface area contributed by atoms with E-state index in [1.54, 1.807) is 0 Å². The first-order chi connectivity index (χ1) is 8.62. The predicted molar refractivity (Wildman–Crippen MR) is 66.5 cm³/mol. The van der Waals surface area contributed by atoms with Crippen molar-refractivity contribution in [2.45, 2.75) is 19.0 Å². The van der Waals surface area contributed by atoms with E-state index in [1.807, 2.05) is 18.2 Å². The Balaban J connectivity index is 1.61. The van der Waals surface area contributed by atoms with Gasteiger partial charge < -0.3 is 14.8 Å². The van der Waals surface area contributed by atoms with E-state index >= 15 is 0 Å². The molecule has 0 bridgehead atoms. The van der Waals surface area contributed by atoms with Crippen molar-refractivity contribution in [3.63, 3.8) is 0 Å². The summed E-state index contributed by atoms with van der Waals surface area (Å²) in [5.41, 5.74) is 1.07. The molecule has 0 spiro atoms. The number of rotatable bonds is 3. The zero-order chi connectivity index (χ0) is 12.6. The van der Waals surface area contributed by atoms with Gasteiger partial charge in [0, 0.05) is 12.6 Å². The molecule has 1 fully saturated rings. The molecule has 0 radical (unpaired) electrons. The van der Waals surface area contributed by atoms with E-state index in [4.69, 9.17) is 9.47 Å². The summed E-state index contributed by atoms with van der Waals surface area (Å²) in [7, 11) is -2.82. The number of ether oxygens (including phenoxy) is 2. The molecule has 1 atom stereocenters. The maximum atomic E-state index is 11.3. The van der Waals surface area contributed by atoms with Crippen molar-refractivity contribution >= 4 is 9.84 Å². The van der Waals surface area contributed by atoms with Crippen LogP contribution in [-0.4, -0.2) is 32.8 Å². The van der Waals surface area contributed by atoms with E-state index in [0.717, 1.165) is 17.1 Å². The summed E-state index contributed by atoms with van der Waals surface area (Å²) in [6, 6.07) is 5.84. The number of sulfone groups is 1. The van der Waals surface area contributed by atoms with Crippen molar-refractivity contribution in [3.05, 3.63) is 23.8 Å². The highest BCUT2D eigenvalue weighted by Gasteiger charge is 2.27. The zero-order valence-electron chi connectivity index (χ0n) is 9.89. The second-order valence-electron chi connectivity index (χ2n) is 4.67. The average molecular weight is 269 g/mol. The molecule has 3 rings (SSSR count). The number of hydrogen-bond acceptors (Lipinski definition) is 5. The van der Waals surface area contributed by atoms with Gasteiger partial charge in [-0.25, -0.2) is 8.42 Å². The fourth-order valence-corrected chi connectivity index (χ4v) is 3.98. The lowest BCUT2D eigenvalue weighted by Crippen LogP contribution is -2.29. The second-order valence-corrected chi connectivity index (χ2v) is 6.90. The Morgan fingerprint density at radius 2 is 2.11 bits per heavy atom. The van der Waals surface area contributed by atoms with Crippen LogP contribution in [0.1, 0.15) is 12.0 Å². The first-order valence-electron chi connectivity index (χ1n) is 5.95. The minimum atomic E-state index is -2.82. The molecule has 0 saturated carbocycles. The number of nitrogens with one attached hydrogen (secondary N) is 1. The minimum Gasteiger partial charge on any atom is -0.454 e. The summed E-state index contributed by atoms with van der Waals surface area (Å²) in [5, 5.41) is 3.27. The van der Waals surface area contributed by atoms with Gasteiger partial charge >= 0.3 is 0 Å². The summed E-state index contributed by atoms with van der Waals surface area (Å²) in [5.74, 6) is 2.07. The van der Waals surface area contributed by atoms with Crippen LogP contribution in [0.2, 0.25) is 0 Å². The summed E-state index contributed by atoms with van der Waals surface area (Å²) in [6.45, 7) is 0.921. The van der Waals surface area contributed by atoms with Gasteiger partial charge in [-0.05, 0) is 24.1 Å². The van der Waals surface area contributed by atoms with Gasteiger partial charge in [-0.15, -0.1) is 0 Å². The van der Waals surface area contributed by atoms with Crippen LogP contribution in [0.4, 0.5) is 0 Å². The molecule has 5 nitrogen and oxygen atoms in total. The third-order valence-corrected chi connectivity index (χ3v) is 5.03. The van der Waals surface area contributed by atoms with Crippen molar-refractivity contribution in [1.82, 2.24) is 5.32 Å². The molecule has 98 valence electrons. The number of hydrogen-bond donors (Lipinski definition) is 1. The van der Waals surface area contributed by atoms with Crippen molar-refractivity contribution < 1.29 is 17.9 Å². The molecule has 0 aliphatic carbocycles. The first kappa shape index (κ1) is 11.8. The van der Waals surface area contributed by atoms with Gasteiger partial charge in [-0.2, -0.15) is 0 Å². The van der Waals surface area contributed by atoms with Crippen LogP contribution in [0.15, 0.2) is 18.2 Å². The monoisotopic (exact) mass is 269 g/mol. The molecule has 1 N–H and O–H groups in total. The molecular weight excluding hydrogens is 254 g/mol. The molecule has 2 aliphatic heterocycles. The predicted octanol–water partition coefficient (Wildman–Crippen LogP) is 0.692. The standard InChI is InChI=1S/C12H15NO4S/c14-18(15)4-3-10(7-18)13-6-9-1-2-11-12(5-9)17-8-16-11/h1-2,5,10,13H,3-4,6-8H2. The third kappa shape index (κ3) is 2.44. The van der Waals surface area contributed by atoms with Crippen LogP contribution in [0.25, 0.3) is 0 Å². The Hall–Kier alpha value is -1.27. The molecular formula is C12H15NO4S. The molecule has 18 heavy (non-hydrogen) atoms. The van der Waals surface area contributed by atoms with E-state index in [-0.39, 0.29) is 18.6 Å². The van der Waals surface area contributed by atoms with E-state index in [2.05, 4.69) is 5.32 Å². The Labute approximate surface area is 106 Å². The smallest absolute Gasteiger partial charge is 0.231 e.